The van der Waals surface area contributed by atoms with Crippen LogP contribution in [0.25, 0.3) is 0 Å². The Balaban J connectivity index is 3.36. The highest BCUT2D eigenvalue weighted by Gasteiger charge is 2.25. The van der Waals surface area contributed by atoms with Gasteiger partial charge in [0.2, 0.25) is 5.91 Å². The van der Waals surface area contributed by atoms with Crippen molar-refractivity contribution in [1.29, 1.82) is 0 Å². The molecule has 0 radical (unpaired) electrons. The Kier molecular flexibility index (Phi) is 3.76. The van der Waals surface area contributed by atoms with Gasteiger partial charge in [-0.1, -0.05) is 6.07 Å². The number of para-hydroxylation sites is 1. The number of nitrogens with zero attached hydrogens (tertiary/aromatic N) is 1. The molecule has 17 heavy (non-hydrogen) atoms. The second kappa shape index (κ2) is 5.06. The topological polar surface area (TPSA) is 98.5 Å². The second-order valence-electron chi connectivity index (χ2n) is 3.13. The van der Waals surface area contributed by atoms with Crippen LogP contribution in [0.1, 0.15) is 17.3 Å². The van der Waals surface area contributed by atoms with E-state index in [2.05, 4.69) is 10.1 Å². The molecule has 0 aliphatic heterocycles. The fraction of sp³-hybridized carbons (Fsp3) is 0.200. The van der Waals surface area contributed by atoms with E-state index in [-0.39, 0.29) is 11.3 Å². The number of anilines is 1. The third-order valence-electron chi connectivity index (χ3n) is 1.93. The highest BCUT2D eigenvalue weighted by atomic mass is 16.6. The fourth-order valence-electron chi connectivity index (χ4n) is 1.31. The van der Waals surface area contributed by atoms with Gasteiger partial charge in [0.1, 0.15) is 11.3 Å². The Bertz CT molecular complexity index is 484. The predicted octanol–water partition coefficient (Wildman–Crippen LogP) is 1.34. The molecule has 0 aliphatic rings. The average molecular weight is 238 g/mol. The quantitative estimate of drug-likeness (QED) is 0.486. The summed E-state index contributed by atoms with van der Waals surface area (Å²) in [6, 6.07) is 4.02. The van der Waals surface area contributed by atoms with E-state index in [1.54, 1.807) is 0 Å². The Morgan fingerprint density at radius 3 is 2.53 bits per heavy atom. The molecule has 0 aliphatic carbocycles. The molecule has 0 aromatic heterocycles. The number of hydrogen-bond donors (Lipinski definition) is 1. The lowest BCUT2D eigenvalue weighted by Gasteiger charge is -2.06. The summed E-state index contributed by atoms with van der Waals surface area (Å²) < 4.78 is 4.43. The van der Waals surface area contributed by atoms with E-state index in [1.165, 1.54) is 25.1 Å². The number of esters is 1. The summed E-state index contributed by atoms with van der Waals surface area (Å²) in [4.78, 5) is 32.4. The minimum Gasteiger partial charge on any atom is -0.465 e. The molecule has 0 atom stereocenters. The van der Waals surface area contributed by atoms with Crippen molar-refractivity contribution in [3.8, 4) is 0 Å². The second-order valence-corrected chi connectivity index (χ2v) is 3.13. The van der Waals surface area contributed by atoms with Crippen LogP contribution in [0.2, 0.25) is 0 Å². The van der Waals surface area contributed by atoms with Gasteiger partial charge in [0.15, 0.2) is 0 Å². The number of ether oxygens (including phenoxy) is 1. The molecule has 1 aromatic carbocycles. The molecule has 0 saturated carbocycles. The van der Waals surface area contributed by atoms with Crippen LogP contribution in [0.4, 0.5) is 11.4 Å². The lowest BCUT2D eigenvalue weighted by Crippen LogP contribution is -2.12. The Labute approximate surface area is 96.5 Å². The molecule has 1 N–H and O–H groups in total. The van der Waals surface area contributed by atoms with Crippen molar-refractivity contribution in [3.05, 3.63) is 33.9 Å². The van der Waals surface area contributed by atoms with E-state index in [1.807, 2.05) is 0 Å². The molecule has 1 amide bonds. The highest BCUT2D eigenvalue weighted by molar-refractivity contribution is 6.00. The first-order chi connectivity index (χ1) is 7.97. The number of carbonyl (C=O) groups excluding carboxylic acids is 2. The van der Waals surface area contributed by atoms with Crippen LogP contribution in [0, 0.1) is 10.1 Å². The summed E-state index contributed by atoms with van der Waals surface area (Å²) in [5.74, 6) is -1.29. The highest BCUT2D eigenvalue weighted by Crippen LogP contribution is 2.29. The summed E-state index contributed by atoms with van der Waals surface area (Å²) in [5.41, 5.74) is -0.719. The van der Waals surface area contributed by atoms with E-state index < -0.39 is 22.5 Å². The Morgan fingerprint density at radius 1 is 1.41 bits per heavy atom. The van der Waals surface area contributed by atoms with Crippen molar-refractivity contribution in [2.45, 2.75) is 6.92 Å². The normalized spacial score (nSPS) is 9.53. The molecular weight excluding hydrogens is 228 g/mol. The van der Waals surface area contributed by atoms with Crippen LogP contribution in [0.5, 0.6) is 0 Å². The summed E-state index contributed by atoms with van der Waals surface area (Å²) >= 11 is 0. The summed E-state index contributed by atoms with van der Waals surface area (Å²) in [6.07, 6.45) is 0. The molecule has 0 spiro atoms. The molecule has 1 aromatic rings. The van der Waals surface area contributed by atoms with Gasteiger partial charge in [-0.15, -0.1) is 0 Å². The van der Waals surface area contributed by atoms with Gasteiger partial charge in [-0.05, 0) is 12.1 Å². The largest absolute Gasteiger partial charge is 0.465 e. The van der Waals surface area contributed by atoms with Crippen LogP contribution in [-0.2, 0) is 9.53 Å². The minimum absolute atomic E-state index is 0.0367. The van der Waals surface area contributed by atoms with Crippen LogP contribution < -0.4 is 5.32 Å². The molecule has 0 fully saturated rings. The minimum atomic E-state index is -0.830. The summed E-state index contributed by atoms with van der Waals surface area (Å²) in [7, 11) is 1.12. The van der Waals surface area contributed by atoms with Gasteiger partial charge in [-0.3, -0.25) is 14.9 Å². The van der Waals surface area contributed by atoms with Gasteiger partial charge in [-0.2, -0.15) is 0 Å². The van der Waals surface area contributed by atoms with Crippen LogP contribution in [-0.4, -0.2) is 23.9 Å². The molecule has 0 unspecified atom stereocenters. The third-order valence-corrected chi connectivity index (χ3v) is 1.93. The molecular formula is C10H10N2O5. The van der Waals surface area contributed by atoms with Crippen molar-refractivity contribution in [2.24, 2.45) is 0 Å². The number of benzene rings is 1. The fourth-order valence-corrected chi connectivity index (χ4v) is 1.31. The van der Waals surface area contributed by atoms with E-state index in [4.69, 9.17) is 0 Å². The number of methoxy groups -OCH3 is 1. The van der Waals surface area contributed by atoms with E-state index in [0.29, 0.717) is 0 Å². The molecule has 7 nitrogen and oxygen atoms in total. The first kappa shape index (κ1) is 12.6. The maximum Gasteiger partial charge on any atom is 0.344 e. The zero-order valence-electron chi connectivity index (χ0n) is 9.22. The standard InChI is InChI=1S/C10H10N2O5/c1-6(13)11-8-5-3-4-7(10(14)17-2)9(8)12(15)16/h3-5H,1-2H3,(H,11,13). The lowest BCUT2D eigenvalue weighted by atomic mass is 10.1. The smallest absolute Gasteiger partial charge is 0.344 e. The molecule has 0 bridgehead atoms. The van der Waals surface area contributed by atoms with Crippen LogP contribution >= 0.6 is 0 Å². The molecule has 0 saturated heterocycles. The number of rotatable bonds is 3. The first-order valence-electron chi connectivity index (χ1n) is 4.60. The SMILES string of the molecule is COC(=O)c1cccc(NC(C)=O)c1[N+](=O)[O-]. The number of amides is 1. The van der Waals surface area contributed by atoms with E-state index in [9.17, 15) is 19.7 Å². The number of hydrogen-bond acceptors (Lipinski definition) is 5. The van der Waals surface area contributed by atoms with Gasteiger partial charge in [0.05, 0.1) is 12.0 Å². The van der Waals surface area contributed by atoms with Gasteiger partial charge in [0.25, 0.3) is 0 Å². The Hall–Kier alpha value is -2.44. The number of nitro groups is 1. The maximum atomic E-state index is 11.3. The van der Waals surface area contributed by atoms with Crippen molar-refractivity contribution >= 4 is 23.3 Å². The van der Waals surface area contributed by atoms with Gasteiger partial charge < -0.3 is 10.1 Å². The molecule has 0 heterocycles. The Morgan fingerprint density at radius 2 is 2.06 bits per heavy atom. The van der Waals surface area contributed by atoms with Gasteiger partial charge in [-0.25, -0.2) is 4.79 Å². The predicted molar refractivity (Wildman–Crippen MR) is 58.7 cm³/mol. The zero-order valence-corrected chi connectivity index (χ0v) is 9.22. The van der Waals surface area contributed by atoms with Crippen molar-refractivity contribution in [1.82, 2.24) is 0 Å². The summed E-state index contributed by atoms with van der Waals surface area (Å²) in [5, 5.41) is 13.2. The first-order valence-corrected chi connectivity index (χ1v) is 4.60. The maximum absolute atomic E-state index is 11.3. The van der Waals surface area contributed by atoms with Crippen molar-refractivity contribution in [2.75, 3.05) is 12.4 Å². The number of nitro benzene ring substituents is 1. The van der Waals surface area contributed by atoms with Gasteiger partial charge >= 0.3 is 11.7 Å². The van der Waals surface area contributed by atoms with Gasteiger partial charge in [0, 0.05) is 6.92 Å². The van der Waals surface area contributed by atoms with E-state index in [0.717, 1.165) is 7.11 Å². The number of nitrogens with one attached hydrogen (secondary N) is 1. The van der Waals surface area contributed by atoms with Crippen LogP contribution in [0.15, 0.2) is 18.2 Å². The molecule has 1 rings (SSSR count). The monoisotopic (exact) mass is 238 g/mol. The number of carbonyl (C=O) groups is 2. The third kappa shape index (κ3) is 2.77. The molecule has 90 valence electrons. The van der Waals surface area contributed by atoms with Crippen LogP contribution in [0.3, 0.4) is 0 Å². The van der Waals surface area contributed by atoms with Crippen molar-refractivity contribution in [3.63, 3.8) is 0 Å². The van der Waals surface area contributed by atoms with Crippen molar-refractivity contribution < 1.29 is 19.2 Å². The zero-order chi connectivity index (χ0) is 13.0. The average Bonchev–Trinajstić information content (AvgIpc) is 2.26. The summed E-state index contributed by atoms with van der Waals surface area (Å²) in [6.45, 7) is 1.22. The lowest BCUT2D eigenvalue weighted by molar-refractivity contribution is -0.384. The van der Waals surface area contributed by atoms with E-state index >= 15 is 0 Å². The molecule has 7 heteroatoms.